The molecule has 0 aliphatic rings. The lowest BCUT2D eigenvalue weighted by Gasteiger charge is -1.98. The number of hydrogen-bond donors (Lipinski definition) is 0. The topological polar surface area (TPSA) is 53.4 Å². The Morgan fingerprint density at radius 3 is 2.79 bits per heavy atom. The Hall–Kier alpha value is -0.790. The van der Waals surface area contributed by atoms with E-state index in [-0.39, 0.29) is 0 Å². The molecule has 0 spiro atoms. The molecule has 6 heteroatoms. The van der Waals surface area contributed by atoms with Gasteiger partial charge in [-0.05, 0) is 29.5 Å². The molecule has 0 saturated carbocycles. The molecule has 0 fully saturated rings. The average molecular weight is 310 g/mol. The van der Waals surface area contributed by atoms with Crippen LogP contribution in [0.1, 0.15) is 17.4 Å². The van der Waals surface area contributed by atoms with Gasteiger partial charge in [0.2, 0.25) is 5.88 Å². The van der Waals surface area contributed by atoms with E-state index in [1.807, 2.05) is 29.5 Å². The predicted octanol–water partition coefficient (Wildman–Crippen LogP) is 1.21. The molecule has 0 saturated heterocycles. The number of carbonyl (C=O) groups is 1. The first-order valence-corrected chi connectivity index (χ1v) is 5.13. The SMILES string of the molecule is CCOc1nn(C)c(C(=O)OC)c1I. The van der Waals surface area contributed by atoms with Crippen molar-refractivity contribution in [3.05, 3.63) is 9.26 Å². The van der Waals surface area contributed by atoms with Crippen LogP contribution in [-0.4, -0.2) is 29.5 Å². The molecule has 0 aliphatic carbocycles. The first-order chi connectivity index (χ1) is 6.61. The second-order valence-corrected chi connectivity index (χ2v) is 3.59. The molecule has 78 valence electrons. The van der Waals surface area contributed by atoms with Crippen LogP contribution in [0.15, 0.2) is 0 Å². The van der Waals surface area contributed by atoms with Crippen molar-refractivity contribution in [2.24, 2.45) is 7.05 Å². The zero-order valence-corrected chi connectivity index (χ0v) is 10.4. The first kappa shape index (κ1) is 11.3. The highest BCUT2D eigenvalue weighted by Gasteiger charge is 2.21. The largest absolute Gasteiger partial charge is 0.476 e. The molecule has 0 amide bonds. The summed E-state index contributed by atoms with van der Waals surface area (Å²) in [5.41, 5.74) is 0.413. The van der Waals surface area contributed by atoms with Gasteiger partial charge >= 0.3 is 5.97 Å². The number of hydrogen-bond acceptors (Lipinski definition) is 4. The normalized spacial score (nSPS) is 10.0. The van der Waals surface area contributed by atoms with Crippen LogP contribution in [0.5, 0.6) is 5.88 Å². The summed E-state index contributed by atoms with van der Waals surface area (Å²) in [6.45, 7) is 2.39. The van der Waals surface area contributed by atoms with Gasteiger partial charge in [0.1, 0.15) is 3.57 Å². The van der Waals surface area contributed by atoms with E-state index in [0.717, 1.165) is 0 Å². The maximum Gasteiger partial charge on any atom is 0.357 e. The van der Waals surface area contributed by atoms with Crippen LogP contribution in [0, 0.1) is 3.57 Å². The lowest BCUT2D eigenvalue weighted by Crippen LogP contribution is -2.09. The maximum absolute atomic E-state index is 11.3. The number of carbonyl (C=O) groups excluding carboxylic acids is 1. The Kier molecular flexibility index (Phi) is 3.73. The molecule has 0 atom stereocenters. The molecule has 0 aromatic carbocycles. The molecule has 1 aromatic heterocycles. The summed E-state index contributed by atoms with van der Waals surface area (Å²) in [4.78, 5) is 11.3. The highest BCUT2D eigenvalue weighted by molar-refractivity contribution is 14.1. The lowest BCUT2D eigenvalue weighted by molar-refractivity contribution is 0.0587. The Morgan fingerprint density at radius 1 is 1.64 bits per heavy atom. The summed E-state index contributed by atoms with van der Waals surface area (Å²) in [7, 11) is 3.02. The van der Waals surface area contributed by atoms with Crippen LogP contribution in [0.3, 0.4) is 0 Å². The van der Waals surface area contributed by atoms with Gasteiger partial charge in [-0.15, -0.1) is 5.10 Å². The molecular weight excluding hydrogens is 299 g/mol. The molecule has 14 heavy (non-hydrogen) atoms. The van der Waals surface area contributed by atoms with Crippen LogP contribution in [0.2, 0.25) is 0 Å². The van der Waals surface area contributed by atoms with E-state index in [1.54, 1.807) is 7.05 Å². The summed E-state index contributed by atoms with van der Waals surface area (Å²) in [6, 6.07) is 0. The third-order valence-corrected chi connectivity index (χ3v) is 2.59. The van der Waals surface area contributed by atoms with Gasteiger partial charge < -0.3 is 9.47 Å². The Labute approximate surface area is 95.5 Å². The predicted molar refractivity (Wildman–Crippen MR) is 58.4 cm³/mol. The first-order valence-electron chi connectivity index (χ1n) is 4.05. The van der Waals surface area contributed by atoms with Crippen molar-refractivity contribution in [2.75, 3.05) is 13.7 Å². The smallest absolute Gasteiger partial charge is 0.357 e. The number of halogens is 1. The van der Waals surface area contributed by atoms with E-state index < -0.39 is 5.97 Å². The van der Waals surface area contributed by atoms with Gasteiger partial charge in [-0.1, -0.05) is 0 Å². The van der Waals surface area contributed by atoms with Crippen molar-refractivity contribution in [3.8, 4) is 5.88 Å². The van der Waals surface area contributed by atoms with Crippen molar-refractivity contribution in [1.82, 2.24) is 9.78 Å². The fraction of sp³-hybridized carbons (Fsp3) is 0.500. The van der Waals surface area contributed by atoms with E-state index in [9.17, 15) is 4.79 Å². The van der Waals surface area contributed by atoms with Crippen molar-refractivity contribution in [1.29, 1.82) is 0 Å². The maximum atomic E-state index is 11.3. The van der Waals surface area contributed by atoms with Gasteiger partial charge in [-0.25, -0.2) is 4.79 Å². The van der Waals surface area contributed by atoms with Crippen LogP contribution in [0.25, 0.3) is 0 Å². The minimum Gasteiger partial charge on any atom is -0.476 e. The summed E-state index contributed by atoms with van der Waals surface area (Å²) in [5.74, 6) is 0.0614. The standard InChI is InChI=1S/C8H11IN2O3/c1-4-14-7-5(9)6(8(12)13-3)11(2)10-7/h4H2,1-3H3. The Balaban J connectivity index is 3.11. The fourth-order valence-corrected chi connectivity index (χ4v) is 1.85. The number of methoxy groups -OCH3 is 1. The van der Waals surface area contributed by atoms with Gasteiger partial charge in [0, 0.05) is 7.05 Å². The van der Waals surface area contributed by atoms with E-state index in [1.165, 1.54) is 11.8 Å². The molecule has 1 aromatic rings. The van der Waals surface area contributed by atoms with Crippen molar-refractivity contribution < 1.29 is 14.3 Å². The van der Waals surface area contributed by atoms with Crippen molar-refractivity contribution >= 4 is 28.6 Å². The second kappa shape index (κ2) is 4.63. The minimum atomic E-state index is -0.407. The molecular formula is C8H11IN2O3. The number of aromatic nitrogens is 2. The van der Waals surface area contributed by atoms with E-state index in [0.29, 0.717) is 21.8 Å². The second-order valence-electron chi connectivity index (χ2n) is 2.52. The number of nitrogens with zero attached hydrogens (tertiary/aromatic N) is 2. The number of esters is 1. The minimum absolute atomic E-state index is 0.407. The zero-order chi connectivity index (χ0) is 10.7. The highest BCUT2D eigenvalue weighted by Crippen LogP contribution is 2.23. The van der Waals surface area contributed by atoms with Crippen molar-refractivity contribution in [2.45, 2.75) is 6.92 Å². The van der Waals surface area contributed by atoms with Crippen LogP contribution >= 0.6 is 22.6 Å². The number of ether oxygens (including phenoxy) is 2. The molecule has 1 heterocycles. The molecule has 0 radical (unpaired) electrons. The van der Waals surface area contributed by atoms with Gasteiger partial charge in [0.25, 0.3) is 0 Å². The van der Waals surface area contributed by atoms with Gasteiger partial charge in [-0.3, -0.25) is 4.68 Å². The molecule has 5 nitrogen and oxygen atoms in total. The molecule has 0 aliphatic heterocycles. The highest BCUT2D eigenvalue weighted by atomic mass is 127. The quantitative estimate of drug-likeness (QED) is 0.622. The fourth-order valence-electron chi connectivity index (χ4n) is 1.02. The monoisotopic (exact) mass is 310 g/mol. The zero-order valence-electron chi connectivity index (χ0n) is 8.20. The Bertz CT molecular complexity index is 349. The molecule has 0 N–H and O–H groups in total. The molecule has 0 bridgehead atoms. The summed E-state index contributed by atoms with van der Waals surface area (Å²) in [6.07, 6.45) is 0. The van der Waals surface area contributed by atoms with Crippen LogP contribution in [-0.2, 0) is 11.8 Å². The lowest BCUT2D eigenvalue weighted by atomic mass is 10.4. The molecule has 1 rings (SSSR count). The molecule has 0 unspecified atom stereocenters. The number of aryl methyl sites for hydroxylation is 1. The van der Waals surface area contributed by atoms with Gasteiger partial charge in [-0.2, -0.15) is 0 Å². The third kappa shape index (κ3) is 1.99. The Morgan fingerprint density at radius 2 is 2.29 bits per heavy atom. The number of rotatable bonds is 3. The third-order valence-electron chi connectivity index (χ3n) is 1.62. The summed E-state index contributed by atoms with van der Waals surface area (Å²) in [5, 5.41) is 4.06. The van der Waals surface area contributed by atoms with Crippen molar-refractivity contribution in [3.63, 3.8) is 0 Å². The summed E-state index contributed by atoms with van der Waals surface area (Å²) >= 11 is 2.01. The van der Waals surface area contributed by atoms with Crippen LogP contribution in [0.4, 0.5) is 0 Å². The van der Waals surface area contributed by atoms with E-state index >= 15 is 0 Å². The summed E-state index contributed by atoms with van der Waals surface area (Å²) < 4.78 is 12.0. The van der Waals surface area contributed by atoms with E-state index in [2.05, 4.69) is 9.84 Å². The van der Waals surface area contributed by atoms with Gasteiger partial charge in [0.15, 0.2) is 5.69 Å². The average Bonchev–Trinajstić information content (AvgIpc) is 2.42. The van der Waals surface area contributed by atoms with Crippen LogP contribution < -0.4 is 4.74 Å². The van der Waals surface area contributed by atoms with E-state index in [4.69, 9.17) is 4.74 Å². The van der Waals surface area contributed by atoms with Gasteiger partial charge in [0.05, 0.1) is 13.7 Å².